The van der Waals surface area contributed by atoms with E-state index in [1.54, 1.807) is 0 Å². The van der Waals surface area contributed by atoms with Crippen LogP contribution in [-0.2, 0) is 14.9 Å². The highest BCUT2D eigenvalue weighted by Crippen LogP contribution is 2.49. The molecule has 17 heavy (non-hydrogen) atoms. The highest BCUT2D eigenvalue weighted by Gasteiger charge is 2.52. The summed E-state index contributed by atoms with van der Waals surface area (Å²) in [6, 6.07) is 10.1. The second-order valence-corrected chi connectivity index (χ2v) is 5.40. The molecule has 0 unspecified atom stereocenters. The number of benzene rings is 1. The molecule has 0 bridgehead atoms. The van der Waals surface area contributed by atoms with Gasteiger partial charge in [-0.1, -0.05) is 44.2 Å². The first-order valence-corrected chi connectivity index (χ1v) is 5.83. The van der Waals surface area contributed by atoms with Gasteiger partial charge in [0.05, 0.1) is 19.6 Å². The van der Waals surface area contributed by atoms with Gasteiger partial charge in [-0.05, 0) is 11.0 Å². The highest BCUT2D eigenvalue weighted by atomic mass is 16.5. The molecule has 1 saturated heterocycles. The number of aliphatic carboxylic acids is 1. The van der Waals surface area contributed by atoms with Crippen LogP contribution in [0.15, 0.2) is 30.3 Å². The van der Waals surface area contributed by atoms with E-state index in [2.05, 4.69) is 12.1 Å². The summed E-state index contributed by atoms with van der Waals surface area (Å²) in [5.41, 5.74) is 0.711. The molecule has 1 N–H and O–H groups in total. The largest absolute Gasteiger partial charge is 0.481 e. The fourth-order valence-corrected chi connectivity index (χ4v) is 2.56. The lowest BCUT2D eigenvalue weighted by molar-refractivity contribution is -0.151. The van der Waals surface area contributed by atoms with Crippen molar-refractivity contribution in [2.45, 2.75) is 25.7 Å². The van der Waals surface area contributed by atoms with Crippen molar-refractivity contribution in [2.24, 2.45) is 5.41 Å². The Morgan fingerprint density at radius 2 is 1.94 bits per heavy atom. The second kappa shape index (κ2) is 4.15. The predicted molar refractivity (Wildman–Crippen MR) is 65.0 cm³/mol. The molecule has 0 spiro atoms. The number of carboxylic acids is 1. The second-order valence-electron chi connectivity index (χ2n) is 5.40. The molecule has 92 valence electrons. The smallest absolute Gasteiger partial charge is 0.303 e. The van der Waals surface area contributed by atoms with Crippen LogP contribution in [0, 0.1) is 5.41 Å². The van der Waals surface area contributed by atoms with E-state index in [-0.39, 0.29) is 17.3 Å². The SMILES string of the molecule is CC(C)(CC(=O)O)C1(c2ccccc2)COC1. The van der Waals surface area contributed by atoms with Crippen molar-refractivity contribution >= 4 is 5.97 Å². The third-order valence-electron chi connectivity index (χ3n) is 3.91. The lowest BCUT2D eigenvalue weighted by Gasteiger charge is -2.52. The van der Waals surface area contributed by atoms with Crippen LogP contribution in [0.25, 0.3) is 0 Å². The van der Waals surface area contributed by atoms with E-state index >= 15 is 0 Å². The van der Waals surface area contributed by atoms with Gasteiger partial charge in [0.2, 0.25) is 0 Å². The molecule has 2 rings (SSSR count). The standard InChI is InChI=1S/C14H18O3/c1-13(2,8-12(15)16)14(9-17-10-14)11-6-4-3-5-7-11/h3-7H,8-10H2,1-2H3,(H,15,16). The Kier molecular flexibility index (Phi) is 2.96. The van der Waals surface area contributed by atoms with Gasteiger partial charge in [0.15, 0.2) is 0 Å². The number of ether oxygens (including phenoxy) is 1. The average Bonchev–Trinajstić information content (AvgIpc) is 2.14. The molecule has 1 fully saturated rings. The molecule has 0 aliphatic carbocycles. The first-order valence-electron chi connectivity index (χ1n) is 5.83. The molecule has 0 aromatic heterocycles. The van der Waals surface area contributed by atoms with E-state index < -0.39 is 5.97 Å². The molecule has 0 radical (unpaired) electrons. The zero-order valence-electron chi connectivity index (χ0n) is 10.3. The van der Waals surface area contributed by atoms with Crippen LogP contribution < -0.4 is 0 Å². The third-order valence-corrected chi connectivity index (χ3v) is 3.91. The zero-order valence-corrected chi connectivity index (χ0v) is 10.3. The fraction of sp³-hybridized carbons (Fsp3) is 0.500. The number of hydrogen-bond acceptors (Lipinski definition) is 2. The summed E-state index contributed by atoms with van der Waals surface area (Å²) in [7, 11) is 0. The molecule has 0 amide bonds. The van der Waals surface area contributed by atoms with E-state index in [0.717, 1.165) is 0 Å². The summed E-state index contributed by atoms with van der Waals surface area (Å²) in [6.45, 7) is 5.24. The Hall–Kier alpha value is -1.35. The minimum Gasteiger partial charge on any atom is -0.481 e. The first kappa shape index (κ1) is 12.1. The number of carbonyl (C=O) groups is 1. The summed E-state index contributed by atoms with van der Waals surface area (Å²) in [5, 5.41) is 9.04. The minimum absolute atomic E-state index is 0.158. The van der Waals surface area contributed by atoms with Gasteiger partial charge in [-0.3, -0.25) is 4.79 Å². The van der Waals surface area contributed by atoms with Gasteiger partial charge in [-0.2, -0.15) is 0 Å². The van der Waals surface area contributed by atoms with E-state index in [9.17, 15) is 4.79 Å². The van der Waals surface area contributed by atoms with Crippen molar-refractivity contribution in [3.8, 4) is 0 Å². The normalized spacial score (nSPS) is 18.5. The van der Waals surface area contributed by atoms with Gasteiger partial charge in [-0.25, -0.2) is 0 Å². The molecule has 3 nitrogen and oxygen atoms in total. The van der Waals surface area contributed by atoms with Crippen molar-refractivity contribution in [1.82, 2.24) is 0 Å². The van der Waals surface area contributed by atoms with Gasteiger partial charge in [0.25, 0.3) is 0 Å². The maximum atomic E-state index is 11.0. The average molecular weight is 234 g/mol. The molecule has 1 aromatic rings. The van der Waals surface area contributed by atoms with Crippen LogP contribution in [0.5, 0.6) is 0 Å². The van der Waals surface area contributed by atoms with Crippen LogP contribution in [-0.4, -0.2) is 24.3 Å². The number of hydrogen-bond donors (Lipinski definition) is 1. The van der Waals surface area contributed by atoms with E-state index in [1.807, 2.05) is 32.0 Å². The van der Waals surface area contributed by atoms with Crippen molar-refractivity contribution in [3.63, 3.8) is 0 Å². The highest BCUT2D eigenvalue weighted by molar-refractivity contribution is 5.68. The van der Waals surface area contributed by atoms with E-state index in [4.69, 9.17) is 9.84 Å². The quantitative estimate of drug-likeness (QED) is 0.870. The van der Waals surface area contributed by atoms with Gasteiger partial charge in [-0.15, -0.1) is 0 Å². The first-order chi connectivity index (χ1) is 7.98. The van der Waals surface area contributed by atoms with Gasteiger partial charge >= 0.3 is 5.97 Å². The van der Waals surface area contributed by atoms with Crippen LogP contribution in [0.4, 0.5) is 0 Å². The predicted octanol–water partition coefficient (Wildman–Crippen LogP) is 2.46. The zero-order chi connectivity index (χ0) is 12.5. The molecule has 1 heterocycles. The van der Waals surface area contributed by atoms with E-state index in [1.165, 1.54) is 5.56 Å². The molecular weight excluding hydrogens is 216 g/mol. The maximum Gasteiger partial charge on any atom is 0.303 e. The topological polar surface area (TPSA) is 46.5 Å². The monoisotopic (exact) mass is 234 g/mol. The summed E-state index contributed by atoms with van der Waals surface area (Å²) in [6.07, 6.45) is 0.158. The number of carboxylic acid groups (broad SMARTS) is 1. The molecule has 0 saturated carbocycles. The molecule has 1 aliphatic rings. The van der Waals surface area contributed by atoms with Crippen molar-refractivity contribution in [2.75, 3.05) is 13.2 Å². The molecule has 1 aliphatic heterocycles. The lowest BCUT2D eigenvalue weighted by Crippen LogP contribution is -2.57. The van der Waals surface area contributed by atoms with E-state index in [0.29, 0.717) is 13.2 Å². The van der Waals surface area contributed by atoms with Gasteiger partial charge in [0, 0.05) is 5.41 Å². The van der Waals surface area contributed by atoms with Crippen LogP contribution in [0.2, 0.25) is 0 Å². The summed E-state index contributed by atoms with van der Waals surface area (Å²) < 4.78 is 5.37. The minimum atomic E-state index is -0.753. The molecule has 3 heteroatoms. The Balaban J connectivity index is 2.35. The molecule has 1 aromatic carbocycles. The Morgan fingerprint density at radius 1 is 1.35 bits per heavy atom. The molecule has 0 atom stereocenters. The summed E-state index contributed by atoms with van der Waals surface area (Å²) in [5.74, 6) is -0.753. The summed E-state index contributed by atoms with van der Waals surface area (Å²) >= 11 is 0. The third kappa shape index (κ3) is 1.95. The van der Waals surface area contributed by atoms with Crippen molar-refractivity contribution in [3.05, 3.63) is 35.9 Å². The summed E-state index contributed by atoms with van der Waals surface area (Å²) in [4.78, 5) is 11.0. The van der Waals surface area contributed by atoms with Crippen LogP contribution >= 0.6 is 0 Å². The fourth-order valence-electron chi connectivity index (χ4n) is 2.56. The van der Waals surface area contributed by atoms with Crippen molar-refractivity contribution in [1.29, 1.82) is 0 Å². The van der Waals surface area contributed by atoms with Gasteiger partial charge in [0.1, 0.15) is 0 Å². The maximum absolute atomic E-state index is 11.0. The Bertz CT molecular complexity index is 405. The number of rotatable bonds is 4. The van der Waals surface area contributed by atoms with Crippen LogP contribution in [0.3, 0.4) is 0 Å². The molecular formula is C14H18O3. The van der Waals surface area contributed by atoms with Gasteiger partial charge < -0.3 is 9.84 Å². The lowest BCUT2D eigenvalue weighted by atomic mass is 9.59. The Morgan fingerprint density at radius 3 is 2.35 bits per heavy atom. The van der Waals surface area contributed by atoms with Crippen LogP contribution in [0.1, 0.15) is 25.8 Å². The Labute approximate surface area is 101 Å². The van der Waals surface area contributed by atoms with Crippen molar-refractivity contribution < 1.29 is 14.6 Å².